The summed E-state index contributed by atoms with van der Waals surface area (Å²) in [6, 6.07) is 7.12. The number of halogens is 2. The lowest BCUT2D eigenvalue weighted by atomic mass is 10.0. The number of anilines is 2. The number of nitrogens with zero attached hydrogens (tertiary/aromatic N) is 2. The van der Waals surface area contributed by atoms with Gasteiger partial charge in [0, 0.05) is 29.7 Å². The number of rotatable bonds is 2. The summed E-state index contributed by atoms with van der Waals surface area (Å²) in [5.74, 6) is -1.85. The Kier molecular flexibility index (Phi) is 3.35. The van der Waals surface area contributed by atoms with Crippen LogP contribution in [0.1, 0.15) is 0 Å². The van der Waals surface area contributed by atoms with Crippen LogP contribution in [0.15, 0.2) is 53.3 Å². The van der Waals surface area contributed by atoms with Crippen molar-refractivity contribution in [3.8, 4) is 22.4 Å². The van der Waals surface area contributed by atoms with Crippen molar-refractivity contribution in [1.29, 1.82) is 0 Å². The first-order valence-electron chi connectivity index (χ1n) is 7.38. The van der Waals surface area contributed by atoms with Crippen LogP contribution >= 0.6 is 0 Å². The lowest BCUT2D eigenvalue weighted by molar-refractivity contribution is 0.509. The van der Waals surface area contributed by atoms with E-state index in [9.17, 15) is 8.78 Å². The first kappa shape index (κ1) is 15.1. The third-order valence-electron chi connectivity index (χ3n) is 3.97. The van der Waals surface area contributed by atoms with Gasteiger partial charge in [0.05, 0.1) is 5.39 Å². The summed E-state index contributed by atoms with van der Waals surface area (Å²) in [5, 5.41) is 0.505. The average Bonchev–Trinajstić information content (AvgIpc) is 2.93. The molecule has 0 radical (unpaired) electrons. The molecule has 3 heterocycles. The largest absolute Gasteiger partial charge is 0.436 e. The second kappa shape index (κ2) is 5.55. The van der Waals surface area contributed by atoms with E-state index in [2.05, 4.69) is 9.97 Å². The van der Waals surface area contributed by atoms with E-state index < -0.39 is 11.6 Å². The smallest absolute Gasteiger partial charge is 0.215 e. The van der Waals surface area contributed by atoms with Crippen molar-refractivity contribution in [2.24, 2.45) is 0 Å². The fourth-order valence-corrected chi connectivity index (χ4v) is 2.75. The summed E-state index contributed by atoms with van der Waals surface area (Å²) in [6.07, 6.45) is 4.79. The molecule has 0 fully saturated rings. The third-order valence-corrected chi connectivity index (χ3v) is 3.97. The van der Waals surface area contributed by atoms with Crippen molar-refractivity contribution in [2.75, 3.05) is 11.5 Å². The molecule has 1 aromatic carbocycles. The van der Waals surface area contributed by atoms with Crippen LogP contribution in [0.4, 0.5) is 20.4 Å². The maximum absolute atomic E-state index is 13.6. The standard InChI is InChI=1S/C18H12F2N4O/c19-12-2-1-10(7-13(12)20)11-8-24-16(9-3-5-23-6-4-9)17-14(11)15(21)18(22)25-17/h1-8H,21-22H2. The van der Waals surface area contributed by atoms with Crippen LogP contribution in [0.3, 0.4) is 0 Å². The molecule has 3 aromatic heterocycles. The van der Waals surface area contributed by atoms with Crippen LogP contribution in [0.2, 0.25) is 0 Å². The number of furan rings is 1. The van der Waals surface area contributed by atoms with Gasteiger partial charge in [0.25, 0.3) is 0 Å². The zero-order valence-corrected chi connectivity index (χ0v) is 12.8. The Balaban J connectivity index is 2.03. The molecule has 4 rings (SSSR count). The van der Waals surface area contributed by atoms with Gasteiger partial charge in [-0.15, -0.1) is 0 Å². The highest BCUT2D eigenvalue weighted by Gasteiger charge is 2.20. The average molecular weight is 338 g/mol. The SMILES string of the molecule is Nc1oc2c(-c3ccncc3)ncc(-c3ccc(F)c(F)c3)c2c1N. The van der Waals surface area contributed by atoms with Gasteiger partial charge >= 0.3 is 0 Å². The minimum atomic E-state index is -0.959. The molecule has 25 heavy (non-hydrogen) atoms. The van der Waals surface area contributed by atoms with Crippen LogP contribution in [-0.4, -0.2) is 9.97 Å². The van der Waals surface area contributed by atoms with Crippen LogP contribution in [-0.2, 0) is 0 Å². The molecule has 0 bridgehead atoms. The number of hydrogen-bond acceptors (Lipinski definition) is 5. The van der Waals surface area contributed by atoms with Gasteiger partial charge in [-0.2, -0.15) is 0 Å². The lowest BCUT2D eigenvalue weighted by Gasteiger charge is -2.07. The van der Waals surface area contributed by atoms with Crippen LogP contribution < -0.4 is 11.5 Å². The van der Waals surface area contributed by atoms with Gasteiger partial charge in [-0.1, -0.05) is 6.07 Å². The molecule has 5 nitrogen and oxygen atoms in total. The van der Waals surface area contributed by atoms with Crippen LogP contribution in [0, 0.1) is 11.6 Å². The van der Waals surface area contributed by atoms with Crippen molar-refractivity contribution < 1.29 is 13.2 Å². The number of benzene rings is 1. The van der Waals surface area contributed by atoms with Crippen LogP contribution in [0.25, 0.3) is 33.4 Å². The molecule has 4 aromatic rings. The van der Waals surface area contributed by atoms with Crippen molar-refractivity contribution >= 4 is 22.5 Å². The second-order valence-corrected chi connectivity index (χ2v) is 5.47. The predicted octanol–water partition coefficient (Wildman–Crippen LogP) is 4.00. The van der Waals surface area contributed by atoms with Gasteiger partial charge in [0.1, 0.15) is 11.4 Å². The first-order chi connectivity index (χ1) is 12.1. The van der Waals surface area contributed by atoms with Gasteiger partial charge < -0.3 is 15.9 Å². The molecule has 0 saturated carbocycles. The van der Waals surface area contributed by atoms with Gasteiger partial charge in [-0.05, 0) is 29.8 Å². The van der Waals surface area contributed by atoms with Gasteiger partial charge in [0.2, 0.25) is 5.88 Å². The maximum atomic E-state index is 13.6. The van der Waals surface area contributed by atoms with Gasteiger partial charge in [-0.25, -0.2) is 8.78 Å². The summed E-state index contributed by atoms with van der Waals surface area (Å²) in [7, 11) is 0. The van der Waals surface area contributed by atoms with E-state index in [1.165, 1.54) is 12.3 Å². The Morgan fingerprint density at radius 1 is 0.920 bits per heavy atom. The van der Waals surface area contributed by atoms with Crippen LogP contribution in [0.5, 0.6) is 0 Å². The number of aromatic nitrogens is 2. The fourth-order valence-electron chi connectivity index (χ4n) is 2.75. The van der Waals surface area contributed by atoms with E-state index in [0.717, 1.165) is 17.7 Å². The minimum absolute atomic E-state index is 0.0436. The van der Waals surface area contributed by atoms with E-state index in [1.807, 2.05) is 0 Å². The molecular weight excluding hydrogens is 326 g/mol. The molecule has 0 atom stereocenters. The summed E-state index contributed by atoms with van der Waals surface area (Å²) < 4.78 is 32.5. The molecule has 0 unspecified atom stereocenters. The number of nitrogens with two attached hydrogens (primary N) is 2. The molecule has 0 saturated heterocycles. The molecule has 7 heteroatoms. The Morgan fingerprint density at radius 2 is 1.68 bits per heavy atom. The van der Waals surface area contributed by atoms with E-state index in [1.54, 1.807) is 24.5 Å². The number of hydrogen-bond donors (Lipinski definition) is 2. The molecule has 0 aliphatic rings. The number of fused-ring (bicyclic) bond motifs is 1. The Labute approximate surface area is 140 Å². The topological polar surface area (TPSA) is 91.0 Å². The van der Waals surface area contributed by atoms with E-state index in [-0.39, 0.29) is 11.6 Å². The predicted molar refractivity (Wildman–Crippen MR) is 91.4 cm³/mol. The van der Waals surface area contributed by atoms with Crippen molar-refractivity contribution in [2.45, 2.75) is 0 Å². The number of pyridine rings is 2. The van der Waals surface area contributed by atoms with E-state index >= 15 is 0 Å². The molecule has 4 N–H and O–H groups in total. The Morgan fingerprint density at radius 3 is 2.40 bits per heavy atom. The third kappa shape index (κ3) is 2.37. The van der Waals surface area contributed by atoms with Gasteiger partial charge in [-0.3, -0.25) is 9.97 Å². The van der Waals surface area contributed by atoms with E-state index in [4.69, 9.17) is 15.9 Å². The Bertz CT molecular complexity index is 1090. The first-order valence-corrected chi connectivity index (χ1v) is 7.38. The number of nitrogen functional groups attached to an aromatic ring is 2. The molecule has 124 valence electrons. The molecule has 0 aliphatic carbocycles. The highest BCUT2D eigenvalue weighted by molar-refractivity contribution is 6.09. The summed E-state index contributed by atoms with van der Waals surface area (Å²) in [4.78, 5) is 8.38. The summed E-state index contributed by atoms with van der Waals surface area (Å²) in [6.45, 7) is 0. The Hall–Kier alpha value is -3.48. The quantitative estimate of drug-likeness (QED) is 0.576. The van der Waals surface area contributed by atoms with Crippen molar-refractivity contribution in [1.82, 2.24) is 9.97 Å². The zero-order chi connectivity index (χ0) is 17.6. The maximum Gasteiger partial charge on any atom is 0.215 e. The van der Waals surface area contributed by atoms with Crippen molar-refractivity contribution in [3.63, 3.8) is 0 Å². The molecular formula is C18H12F2N4O. The minimum Gasteiger partial charge on any atom is -0.436 e. The second-order valence-electron chi connectivity index (χ2n) is 5.47. The summed E-state index contributed by atoms with van der Waals surface area (Å²) >= 11 is 0. The van der Waals surface area contributed by atoms with Crippen molar-refractivity contribution in [3.05, 3.63) is 60.6 Å². The highest BCUT2D eigenvalue weighted by atomic mass is 19.2. The molecule has 0 aliphatic heterocycles. The van der Waals surface area contributed by atoms with Gasteiger partial charge in [0.15, 0.2) is 17.2 Å². The summed E-state index contributed by atoms with van der Waals surface area (Å²) in [5.41, 5.74) is 14.7. The lowest BCUT2D eigenvalue weighted by Crippen LogP contribution is -1.93. The molecule has 0 amide bonds. The fraction of sp³-hybridized carbons (Fsp3) is 0. The molecule has 0 spiro atoms. The van der Waals surface area contributed by atoms with E-state index in [0.29, 0.717) is 27.8 Å². The zero-order valence-electron chi connectivity index (χ0n) is 12.8. The highest BCUT2D eigenvalue weighted by Crippen LogP contribution is 2.41. The normalized spacial score (nSPS) is 11.1. The monoisotopic (exact) mass is 338 g/mol.